The second kappa shape index (κ2) is 5.34. The van der Waals surface area contributed by atoms with Crippen LogP contribution in [0.5, 0.6) is 0 Å². The summed E-state index contributed by atoms with van der Waals surface area (Å²) in [6.45, 7) is 0. The highest BCUT2D eigenvalue weighted by Crippen LogP contribution is 2.12. The van der Waals surface area contributed by atoms with Crippen molar-refractivity contribution in [3.8, 4) is 5.69 Å². The highest BCUT2D eigenvalue weighted by molar-refractivity contribution is 6.03. The molecule has 0 saturated carbocycles. The van der Waals surface area contributed by atoms with E-state index in [1.165, 1.54) is 6.20 Å². The summed E-state index contributed by atoms with van der Waals surface area (Å²) >= 11 is 0. The molecule has 0 aliphatic heterocycles. The van der Waals surface area contributed by atoms with Crippen molar-refractivity contribution in [2.24, 2.45) is 0 Å². The summed E-state index contributed by atoms with van der Waals surface area (Å²) in [5.41, 5.74) is 1.92. The summed E-state index contributed by atoms with van der Waals surface area (Å²) < 4.78 is 3.31. The van der Waals surface area contributed by atoms with Gasteiger partial charge in [-0.3, -0.25) is 15.1 Å². The van der Waals surface area contributed by atoms with E-state index in [0.717, 1.165) is 5.69 Å². The quantitative estimate of drug-likeness (QED) is 0.620. The van der Waals surface area contributed by atoms with Crippen LogP contribution in [-0.4, -0.2) is 35.3 Å². The number of anilines is 1. The molecule has 0 spiro atoms. The van der Waals surface area contributed by atoms with Crippen LogP contribution in [0.15, 0.2) is 61.3 Å². The van der Waals surface area contributed by atoms with E-state index >= 15 is 0 Å². The molecule has 0 unspecified atom stereocenters. The number of hydrogen-bond acceptors (Lipinski definition) is 5. The van der Waals surface area contributed by atoms with Gasteiger partial charge in [0.15, 0.2) is 5.65 Å². The molecule has 4 aromatic heterocycles. The number of amides is 1. The Morgan fingerprint density at radius 2 is 2.09 bits per heavy atom. The maximum absolute atomic E-state index is 12.1. The van der Waals surface area contributed by atoms with Gasteiger partial charge in [-0.25, -0.2) is 9.20 Å². The van der Waals surface area contributed by atoms with Gasteiger partial charge in [0.05, 0.1) is 11.3 Å². The van der Waals surface area contributed by atoms with Crippen molar-refractivity contribution >= 4 is 17.5 Å². The summed E-state index contributed by atoms with van der Waals surface area (Å²) in [7, 11) is 0. The normalized spacial score (nSPS) is 10.8. The van der Waals surface area contributed by atoms with Crippen molar-refractivity contribution in [3.63, 3.8) is 0 Å². The zero-order chi connectivity index (χ0) is 15.6. The topological polar surface area (TPSA) is 90.0 Å². The lowest BCUT2D eigenvalue weighted by atomic mass is 10.3. The van der Waals surface area contributed by atoms with Crippen LogP contribution < -0.4 is 5.32 Å². The molecule has 0 bridgehead atoms. The molecule has 23 heavy (non-hydrogen) atoms. The van der Waals surface area contributed by atoms with Gasteiger partial charge in [0.1, 0.15) is 0 Å². The molecule has 0 aliphatic rings. The first-order chi connectivity index (χ1) is 11.3. The lowest BCUT2D eigenvalue weighted by Crippen LogP contribution is -2.13. The van der Waals surface area contributed by atoms with Gasteiger partial charge in [0.25, 0.3) is 5.91 Å². The molecule has 1 amide bonds. The van der Waals surface area contributed by atoms with Crippen molar-refractivity contribution in [1.29, 1.82) is 0 Å². The van der Waals surface area contributed by atoms with Crippen LogP contribution in [0.2, 0.25) is 0 Å². The average Bonchev–Trinajstić information content (AvgIpc) is 3.24. The van der Waals surface area contributed by atoms with E-state index in [4.69, 9.17) is 0 Å². The molecular formula is C15H11N7O. The van der Waals surface area contributed by atoms with Crippen LogP contribution in [0.1, 0.15) is 10.4 Å². The first-order valence-electron chi connectivity index (χ1n) is 6.87. The number of nitrogens with one attached hydrogen (secondary N) is 1. The van der Waals surface area contributed by atoms with Gasteiger partial charge in [-0.1, -0.05) is 0 Å². The number of hydrogen-bond donors (Lipinski definition) is 1. The minimum atomic E-state index is -0.304. The van der Waals surface area contributed by atoms with Crippen LogP contribution in [-0.2, 0) is 0 Å². The van der Waals surface area contributed by atoms with Crippen LogP contribution in [0.25, 0.3) is 11.3 Å². The zero-order valence-corrected chi connectivity index (χ0v) is 11.9. The van der Waals surface area contributed by atoms with E-state index in [2.05, 4.69) is 25.5 Å². The SMILES string of the molecule is O=C(Nc1nc2cc(-n3cccn3)ccn2n1)c1cccnc1. The number of pyridine rings is 2. The first kappa shape index (κ1) is 13.1. The Labute approximate surface area is 130 Å². The fourth-order valence-electron chi connectivity index (χ4n) is 2.16. The lowest BCUT2D eigenvalue weighted by Gasteiger charge is -2.00. The van der Waals surface area contributed by atoms with Crippen LogP contribution >= 0.6 is 0 Å². The van der Waals surface area contributed by atoms with Crippen molar-refractivity contribution < 1.29 is 4.79 Å². The Morgan fingerprint density at radius 3 is 2.87 bits per heavy atom. The van der Waals surface area contributed by atoms with Crippen molar-refractivity contribution in [2.45, 2.75) is 0 Å². The Kier molecular flexibility index (Phi) is 3.05. The first-order valence-corrected chi connectivity index (χ1v) is 6.87. The number of nitrogens with zero attached hydrogens (tertiary/aromatic N) is 6. The van der Waals surface area contributed by atoms with Crippen LogP contribution in [0, 0.1) is 0 Å². The van der Waals surface area contributed by atoms with Crippen LogP contribution in [0.3, 0.4) is 0 Å². The third-order valence-corrected chi connectivity index (χ3v) is 3.24. The maximum Gasteiger partial charge on any atom is 0.259 e. The molecule has 112 valence electrons. The monoisotopic (exact) mass is 305 g/mol. The Hall–Kier alpha value is -3.55. The largest absolute Gasteiger partial charge is 0.289 e. The molecule has 0 aromatic carbocycles. The molecule has 0 fully saturated rings. The van der Waals surface area contributed by atoms with E-state index in [1.54, 1.807) is 39.9 Å². The molecule has 4 heterocycles. The van der Waals surface area contributed by atoms with Gasteiger partial charge < -0.3 is 0 Å². The molecule has 8 nitrogen and oxygen atoms in total. The summed E-state index contributed by atoms with van der Waals surface area (Å²) in [5, 5.41) is 11.1. The van der Waals surface area contributed by atoms with Gasteiger partial charge in [-0.15, -0.1) is 5.10 Å². The standard InChI is InChI=1S/C15H11N7O/c23-14(11-3-1-5-16-10-11)19-15-18-13-9-12(4-8-22(13)20-15)21-7-2-6-17-21/h1-10H,(H,19,20,23). The molecule has 0 aliphatic carbocycles. The van der Waals surface area contributed by atoms with Crippen molar-refractivity contribution in [3.05, 3.63) is 66.9 Å². The number of rotatable bonds is 3. The van der Waals surface area contributed by atoms with Crippen LogP contribution in [0.4, 0.5) is 5.95 Å². The molecule has 4 rings (SSSR count). The third kappa shape index (κ3) is 2.53. The van der Waals surface area contributed by atoms with Gasteiger partial charge in [0.2, 0.25) is 5.95 Å². The van der Waals surface area contributed by atoms with E-state index in [0.29, 0.717) is 11.2 Å². The summed E-state index contributed by atoms with van der Waals surface area (Å²) in [4.78, 5) is 20.3. The van der Waals surface area contributed by atoms with Gasteiger partial charge in [0, 0.05) is 37.1 Å². The molecule has 0 atom stereocenters. The number of carbonyl (C=O) groups excluding carboxylic acids is 1. The molecular weight excluding hydrogens is 294 g/mol. The average molecular weight is 305 g/mol. The summed E-state index contributed by atoms with van der Waals surface area (Å²) in [5.74, 6) is -0.0715. The second-order valence-corrected chi connectivity index (χ2v) is 4.77. The Balaban J connectivity index is 1.63. The summed E-state index contributed by atoms with van der Waals surface area (Å²) in [6.07, 6.45) is 8.40. The third-order valence-electron chi connectivity index (χ3n) is 3.24. The minimum absolute atomic E-state index is 0.233. The number of aromatic nitrogens is 6. The predicted octanol–water partition coefficient (Wildman–Crippen LogP) is 1.56. The molecule has 0 radical (unpaired) electrons. The summed E-state index contributed by atoms with van der Waals surface area (Å²) in [6, 6.07) is 8.91. The fraction of sp³-hybridized carbons (Fsp3) is 0. The molecule has 1 N–H and O–H groups in total. The zero-order valence-electron chi connectivity index (χ0n) is 11.9. The van der Waals surface area contributed by atoms with E-state index in [9.17, 15) is 4.79 Å². The number of fused-ring (bicyclic) bond motifs is 1. The second-order valence-electron chi connectivity index (χ2n) is 4.77. The van der Waals surface area contributed by atoms with Crippen molar-refractivity contribution in [2.75, 3.05) is 5.32 Å². The van der Waals surface area contributed by atoms with Gasteiger partial charge in [-0.05, 0) is 24.3 Å². The highest BCUT2D eigenvalue weighted by Gasteiger charge is 2.10. The fourth-order valence-corrected chi connectivity index (χ4v) is 2.16. The lowest BCUT2D eigenvalue weighted by molar-refractivity contribution is 0.102. The van der Waals surface area contributed by atoms with E-state index < -0.39 is 0 Å². The highest BCUT2D eigenvalue weighted by atomic mass is 16.1. The van der Waals surface area contributed by atoms with E-state index in [-0.39, 0.29) is 11.9 Å². The smallest absolute Gasteiger partial charge is 0.259 e. The van der Waals surface area contributed by atoms with Crippen molar-refractivity contribution in [1.82, 2.24) is 29.4 Å². The number of carbonyl (C=O) groups is 1. The van der Waals surface area contributed by atoms with E-state index in [1.807, 2.05) is 24.4 Å². The van der Waals surface area contributed by atoms with Gasteiger partial charge >= 0.3 is 0 Å². The molecule has 4 aromatic rings. The maximum atomic E-state index is 12.1. The van der Waals surface area contributed by atoms with Gasteiger partial charge in [-0.2, -0.15) is 10.1 Å². The Bertz CT molecular complexity index is 960. The molecule has 0 saturated heterocycles. The predicted molar refractivity (Wildman–Crippen MR) is 82.3 cm³/mol. The Morgan fingerprint density at radius 1 is 1.13 bits per heavy atom. The minimum Gasteiger partial charge on any atom is -0.289 e. The molecule has 8 heteroatoms.